The Morgan fingerprint density at radius 2 is 1.86 bits per heavy atom. The molecular weight excluding hydrogens is 467 g/mol. The van der Waals surface area contributed by atoms with Gasteiger partial charge in [0, 0.05) is 37.8 Å². The molecule has 0 unspecified atom stereocenters. The van der Waals surface area contributed by atoms with Crippen LogP contribution >= 0.6 is 11.8 Å². The zero-order valence-corrected chi connectivity index (χ0v) is 19.9. The fourth-order valence-corrected chi connectivity index (χ4v) is 5.90. The number of amides is 2. The largest absolute Gasteiger partial charge is 0.367 e. The third-order valence-corrected chi connectivity index (χ3v) is 7.85. The van der Waals surface area contributed by atoms with Crippen molar-refractivity contribution >= 4 is 40.3 Å². The average molecular weight is 493 g/mol. The lowest BCUT2D eigenvalue weighted by atomic mass is 10.1. The number of halogens is 1. The predicted octanol–water partition coefficient (Wildman–Crippen LogP) is 3.92. The van der Waals surface area contributed by atoms with Crippen LogP contribution in [0.3, 0.4) is 0 Å². The summed E-state index contributed by atoms with van der Waals surface area (Å²) in [7, 11) is 0. The van der Waals surface area contributed by atoms with E-state index in [4.69, 9.17) is 0 Å². The molecule has 3 aliphatic rings. The van der Waals surface area contributed by atoms with E-state index in [9.17, 15) is 9.59 Å². The number of carbonyl (C=O) groups excluding carboxylic acids is 2. The maximum absolute atomic E-state index is 15.3. The Labute approximate surface area is 206 Å². The number of aromatic nitrogens is 3. The van der Waals surface area contributed by atoms with Crippen molar-refractivity contribution in [3.8, 4) is 11.3 Å². The standard InChI is InChI=1S/C25H25FN6O2S/c26-19-13-16(5-7-20(19)31-11-9-30(10-12-31)18-3-1-2-4-18)21-15-27-23-8-6-17(29-32(21)23)14-22-24(33)28-25(34)35-22/h5-8,13-15,18H,1-4,9-12H2,(H,28,33,34)/b22-14-. The lowest BCUT2D eigenvalue weighted by molar-refractivity contribution is -0.115. The molecule has 3 fully saturated rings. The Balaban J connectivity index is 1.23. The molecule has 1 aromatic carbocycles. The maximum Gasteiger partial charge on any atom is 0.290 e. The third-order valence-electron chi connectivity index (χ3n) is 7.04. The van der Waals surface area contributed by atoms with Crippen molar-refractivity contribution in [1.82, 2.24) is 24.8 Å². The van der Waals surface area contributed by atoms with Gasteiger partial charge >= 0.3 is 0 Å². The number of thioether (sulfide) groups is 1. The minimum atomic E-state index is -0.436. The number of carbonyl (C=O) groups is 2. The normalized spacial score (nSPS) is 20.9. The number of nitrogens with one attached hydrogen (secondary N) is 1. The van der Waals surface area contributed by atoms with Gasteiger partial charge in [-0.15, -0.1) is 0 Å². The van der Waals surface area contributed by atoms with Crippen LogP contribution in [-0.2, 0) is 4.79 Å². The van der Waals surface area contributed by atoms with Gasteiger partial charge in [-0.05, 0) is 54.9 Å². The van der Waals surface area contributed by atoms with Gasteiger partial charge in [0.05, 0.1) is 28.2 Å². The second-order valence-electron chi connectivity index (χ2n) is 9.15. The molecule has 1 aliphatic carbocycles. The zero-order valence-electron chi connectivity index (χ0n) is 19.1. The number of hydrogen-bond donors (Lipinski definition) is 1. The molecule has 8 nitrogen and oxygen atoms in total. The number of piperazine rings is 1. The van der Waals surface area contributed by atoms with Crippen LogP contribution in [0.2, 0.25) is 0 Å². The lowest BCUT2D eigenvalue weighted by Gasteiger charge is -2.39. The summed E-state index contributed by atoms with van der Waals surface area (Å²) in [4.78, 5) is 32.7. The van der Waals surface area contributed by atoms with E-state index >= 15 is 4.39 Å². The van der Waals surface area contributed by atoms with Crippen LogP contribution in [0.1, 0.15) is 31.4 Å². The summed E-state index contributed by atoms with van der Waals surface area (Å²) >= 11 is 0.840. The van der Waals surface area contributed by atoms with E-state index in [1.165, 1.54) is 31.7 Å². The molecule has 180 valence electrons. The number of nitrogens with zero attached hydrogens (tertiary/aromatic N) is 5. The van der Waals surface area contributed by atoms with Crippen molar-refractivity contribution in [3.05, 3.63) is 52.9 Å². The Kier molecular flexibility index (Phi) is 5.77. The number of imidazole rings is 1. The van der Waals surface area contributed by atoms with E-state index in [0.29, 0.717) is 34.3 Å². The van der Waals surface area contributed by atoms with Crippen LogP contribution in [0.15, 0.2) is 41.4 Å². The van der Waals surface area contributed by atoms with Crippen molar-refractivity contribution in [2.24, 2.45) is 0 Å². The molecular formula is C25H25FN6O2S. The van der Waals surface area contributed by atoms with Crippen molar-refractivity contribution in [2.75, 3.05) is 31.1 Å². The summed E-state index contributed by atoms with van der Waals surface area (Å²) in [5.74, 6) is -0.697. The highest BCUT2D eigenvalue weighted by molar-refractivity contribution is 8.18. The first kappa shape index (κ1) is 22.2. The van der Waals surface area contributed by atoms with Gasteiger partial charge in [0.25, 0.3) is 11.1 Å². The van der Waals surface area contributed by atoms with Crippen LogP contribution in [0.5, 0.6) is 0 Å². The topological polar surface area (TPSA) is 82.8 Å². The van der Waals surface area contributed by atoms with Gasteiger partial charge < -0.3 is 4.90 Å². The highest BCUT2D eigenvalue weighted by Crippen LogP contribution is 2.30. The van der Waals surface area contributed by atoms with Gasteiger partial charge in [-0.2, -0.15) is 5.10 Å². The van der Waals surface area contributed by atoms with E-state index in [2.05, 4.69) is 25.2 Å². The first-order valence-corrected chi connectivity index (χ1v) is 12.8. The summed E-state index contributed by atoms with van der Waals surface area (Å²) < 4.78 is 16.9. The molecule has 0 radical (unpaired) electrons. The number of hydrogen-bond acceptors (Lipinski definition) is 7. The quantitative estimate of drug-likeness (QED) is 0.553. The number of rotatable bonds is 4. The first-order valence-electron chi connectivity index (χ1n) is 11.9. The number of benzene rings is 1. The number of imide groups is 1. The summed E-state index contributed by atoms with van der Waals surface area (Å²) in [5, 5.41) is 6.39. The molecule has 1 N–H and O–H groups in total. The zero-order chi connectivity index (χ0) is 23.9. The first-order chi connectivity index (χ1) is 17.0. The Hall–Kier alpha value is -3.24. The van der Waals surface area contributed by atoms with E-state index in [-0.39, 0.29) is 10.7 Å². The molecule has 10 heteroatoms. The SMILES string of the molecule is O=C1NC(=O)/C(=C/c2ccc3ncc(-c4ccc(N5CCN(C6CCCC6)CC5)c(F)c4)n3n2)S1. The molecule has 2 aromatic heterocycles. The number of fused-ring (bicyclic) bond motifs is 1. The summed E-state index contributed by atoms with van der Waals surface area (Å²) in [6.07, 6.45) is 8.45. The molecule has 2 amide bonds. The van der Waals surface area contributed by atoms with E-state index in [1.54, 1.807) is 28.9 Å². The van der Waals surface area contributed by atoms with Gasteiger partial charge in [0.1, 0.15) is 5.82 Å². The van der Waals surface area contributed by atoms with Gasteiger partial charge in [-0.1, -0.05) is 18.9 Å². The minimum Gasteiger partial charge on any atom is -0.367 e. The van der Waals surface area contributed by atoms with Crippen molar-refractivity contribution in [2.45, 2.75) is 31.7 Å². The van der Waals surface area contributed by atoms with E-state index in [0.717, 1.165) is 37.9 Å². The van der Waals surface area contributed by atoms with Crippen molar-refractivity contribution in [1.29, 1.82) is 0 Å². The maximum atomic E-state index is 15.3. The molecule has 3 aromatic rings. The van der Waals surface area contributed by atoms with Crippen LogP contribution in [0, 0.1) is 5.82 Å². The van der Waals surface area contributed by atoms with Crippen molar-refractivity contribution < 1.29 is 14.0 Å². The lowest BCUT2D eigenvalue weighted by Crippen LogP contribution is -2.50. The smallest absolute Gasteiger partial charge is 0.290 e. The van der Waals surface area contributed by atoms with E-state index in [1.807, 2.05) is 12.1 Å². The third kappa shape index (κ3) is 4.32. The summed E-state index contributed by atoms with van der Waals surface area (Å²) in [5.41, 5.74) is 3.05. The summed E-state index contributed by atoms with van der Waals surface area (Å²) in [6.45, 7) is 3.61. The van der Waals surface area contributed by atoms with Crippen LogP contribution in [0.4, 0.5) is 14.9 Å². The van der Waals surface area contributed by atoms with Crippen LogP contribution < -0.4 is 10.2 Å². The van der Waals surface area contributed by atoms with Gasteiger partial charge in [-0.3, -0.25) is 19.8 Å². The highest BCUT2D eigenvalue weighted by atomic mass is 32.2. The minimum absolute atomic E-state index is 0.262. The average Bonchev–Trinajstić information content (AvgIpc) is 3.60. The van der Waals surface area contributed by atoms with Crippen molar-refractivity contribution in [3.63, 3.8) is 0 Å². The number of anilines is 1. The highest BCUT2D eigenvalue weighted by Gasteiger charge is 2.27. The molecule has 6 rings (SSSR count). The molecule has 0 atom stereocenters. The molecule has 2 aliphatic heterocycles. The molecule has 0 spiro atoms. The molecule has 2 saturated heterocycles. The van der Waals surface area contributed by atoms with Gasteiger partial charge in [0.15, 0.2) is 5.65 Å². The molecule has 4 heterocycles. The van der Waals surface area contributed by atoms with Crippen LogP contribution in [0.25, 0.3) is 23.0 Å². The van der Waals surface area contributed by atoms with Crippen LogP contribution in [-0.4, -0.2) is 62.9 Å². The Morgan fingerprint density at radius 3 is 2.57 bits per heavy atom. The second-order valence-corrected chi connectivity index (χ2v) is 10.2. The molecule has 35 heavy (non-hydrogen) atoms. The van der Waals surface area contributed by atoms with Gasteiger partial charge in [-0.25, -0.2) is 13.9 Å². The Bertz CT molecular complexity index is 1340. The Morgan fingerprint density at radius 1 is 1.06 bits per heavy atom. The predicted molar refractivity (Wildman–Crippen MR) is 134 cm³/mol. The molecule has 0 bridgehead atoms. The fourth-order valence-electron chi connectivity index (χ4n) is 5.24. The monoisotopic (exact) mass is 492 g/mol. The summed E-state index contributed by atoms with van der Waals surface area (Å²) in [6, 6.07) is 9.48. The second kappa shape index (κ2) is 9.09. The molecule has 1 saturated carbocycles. The fraction of sp³-hybridized carbons (Fsp3) is 0.360. The van der Waals surface area contributed by atoms with E-state index < -0.39 is 11.1 Å². The van der Waals surface area contributed by atoms with Gasteiger partial charge in [0.2, 0.25) is 0 Å².